The van der Waals surface area contributed by atoms with Crippen LogP contribution in [0.2, 0.25) is 5.02 Å². The Hall–Kier alpha value is -3.27. The first-order chi connectivity index (χ1) is 15.5. The average Bonchev–Trinajstić information content (AvgIpc) is 2.82. The van der Waals surface area contributed by atoms with E-state index < -0.39 is 5.91 Å². The van der Waals surface area contributed by atoms with Crippen molar-refractivity contribution < 1.29 is 14.3 Å². The van der Waals surface area contributed by atoms with Gasteiger partial charge in [-0.15, -0.1) is 0 Å². The third-order valence-corrected chi connectivity index (χ3v) is 5.64. The first-order valence-electron chi connectivity index (χ1n) is 9.69. The lowest BCUT2D eigenvalue weighted by Crippen LogP contribution is -2.23. The van der Waals surface area contributed by atoms with Crippen LogP contribution in [0, 0.1) is 11.3 Å². The Morgan fingerprint density at radius 2 is 1.84 bits per heavy atom. The van der Waals surface area contributed by atoms with E-state index in [9.17, 15) is 10.1 Å². The molecule has 162 valence electrons. The van der Waals surface area contributed by atoms with E-state index in [2.05, 4.69) is 21.2 Å². The molecule has 5 nitrogen and oxygen atoms in total. The van der Waals surface area contributed by atoms with Gasteiger partial charge < -0.3 is 14.8 Å². The second-order valence-corrected chi connectivity index (χ2v) is 8.00. The van der Waals surface area contributed by atoms with E-state index in [0.29, 0.717) is 33.1 Å². The van der Waals surface area contributed by atoms with Gasteiger partial charge in [0.1, 0.15) is 18.2 Å². The van der Waals surface area contributed by atoms with Gasteiger partial charge in [0.2, 0.25) is 0 Å². The molecule has 3 rings (SSSR count). The number of nitrogens with zero attached hydrogens (tertiary/aromatic N) is 1. The molecule has 0 radical (unpaired) electrons. The predicted octanol–water partition coefficient (Wildman–Crippen LogP) is 5.91. The van der Waals surface area contributed by atoms with Crippen LogP contribution in [0.25, 0.3) is 6.08 Å². The molecule has 0 unspecified atom stereocenters. The summed E-state index contributed by atoms with van der Waals surface area (Å²) in [5, 5.41) is 12.9. The summed E-state index contributed by atoms with van der Waals surface area (Å²) >= 11 is 9.68. The normalized spacial score (nSPS) is 10.9. The van der Waals surface area contributed by atoms with Crippen LogP contribution in [0.5, 0.6) is 11.5 Å². The number of methoxy groups -OCH3 is 1. The van der Waals surface area contributed by atoms with Gasteiger partial charge in [-0.05, 0) is 35.4 Å². The molecule has 0 heterocycles. The van der Waals surface area contributed by atoms with Crippen LogP contribution in [0.1, 0.15) is 16.7 Å². The van der Waals surface area contributed by atoms with Gasteiger partial charge in [-0.25, -0.2) is 0 Å². The molecular weight excluding hydrogens is 492 g/mol. The molecule has 0 bridgehead atoms. The summed E-state index contributed by atoms with van der Waals surface area (Å²) in [6.07, 6.45) is 1.50. The highest BCUT2D eigenvalue weighted by molar-refractivity contribution is 9.10. The van der Waals surface area contributed by atoms with Crippen molar-refractivity contribution in [3.8, 4) is 17.6 Å². The van der Waals surface area contributed by atoms with Crippen molar-refractivity contribution in [1.29, 1.82) is 5.26 Å². The SMILES string of the molecule is COc1cc(/C=C(/C#N)C(=O)NCc2ccccc2)c(Br)cc1OCc1ccccc1Cl. The van der Waals surface area contributed by atoms with Crippen LogP contribution in [0.3, 0.4) is 0 Å². The highest BCUT2D eigenvalue weighted by atomic mass is 79.9. The molecule has 0 aliphatic carbocycles. The number of nitrogens with one attached hydrogen (secondary N) is 1. The van der Waals surface area contributed by atoms with Crippen molar-refractivity contribution in [3.05, 3.63) is 98.5 Å². The van der Waals surface area contributed by atoms with E-state index >= 15 is 0 Å². The van der Waals surface area contributed by atoms with Crippen LogP contribution in [0.15, 0.2) is 76.8 Å². The van der Waals surface area contributed by atoms with Crippen LogP contribution in [-0.2, 0) is 17.9 Å². The lowest BCUT2D eigenvalue weighted by atomic mass is 10.1. The molecule has 0 spiro atoms. The third-order valence-electron chi connectivity index (χ3n) is 4.58. The largest absolute Gasteiger partial charge is 0.493 e. The zero-order valence-electron chi connectivity index (χ0n) is 17.3. The van der Waals surface area contributed by atoms with Gasteiger partial charge in [0.05, 0.1) is 7.11 Å². The Balaban J connectivity index is 1.77. The number of hydrogen-bond donors (Lipinski definition) is 1. The van der Waals surface area contributed by atoms with Crippen LogP contribution < -0.4 is 14.8 Å². The summed E-state index contributed by atoms with van der Waals surface area (Å²) in [5.41, 5.74) is 2.38. The molecular formula is C25H20BrClN2O3. The number of hydrogen-bond acceptors (Lipinski definition) is 4. The number of amides is 1. The molecule has 32 heavy (non-hydrogen) atoms. The molecule has 1 N–H and O–H groups in total. The summed E-state index contributed by atoms with van der Waals surface area (Å²) in [7, 11) is 1.52. The maximum atomic E-state index is 12.5. The second kappa shape index (κ2) is 11.4. The average molecular weight is 512 g/mol. The van der Waals surface area contributed by atoms with Crippen molar-refractivity contribution in [3.63, 3.8) is 0 Å². The second-order valence-electron chi connectivity index (χ2n) is 6.74. The summed E-state index contributed by atoms with van der Waals surface area (Å²) in [6.45, 7) is 0.598. The minimum atomic E-state index is -0.457. The van der Waals surface area contributed by atoms with E-state index in [4.69, 9.17) is 21.1 Å². The Bertz CT molecular complexity index is 1170. The smallest absolute Gasteiger partial charge is 0.262 e. The van der Waals surface area contributed by atoms with Gasteiger partial charge in [-0.1, -0.05) is 76.1 Å². The van der Waals surface area contributed by atoms with Crippen LogP contribution in [0.4, 0.5) is 0 Å². The van der Waals surface area contributed by atoms with E-state index in [-0.39, 0.29) is 12.2 Å². The van der Waals surface area contributed by atoms with Crippen molar-refractivity contribution >= 4 is 39.5 Å². The number of rotatable bonds is 8. The molecule has 0 fully saturated rings. The zero-order chi connectivity index (χ0) is 22.9. The quantitative estimate of drug-likeness (QED) is 0.301. The number of carbonyl (C=O) groups is 1. The summed E-state index contributed by atoms with van der Waals surface area (Å²) in [4.78, 5) is 12.5. The molecule has 0 saturated heterocycles. The molecule has 1 amide bonds. The molecule has 0 atom stereocenters. The number of benzene rings is 3. The van der Waals surface area contributed by atoms with Gasteiger partial charge in [-0.3, -0.25) is 4.79 Å². The topological polar surface area (TPSA) is 71.3 Å². The summed E-state index contributed by atoms with van der Waals surface area (Å²) in [6, 6.07) is 22.3. The van der Waals surface area contributed by atoms with Crippen molar-refractivity contribution in [2.24, 2.45) is 0 Å². The Kier molecular flexibility index (Phi) is 8.32. The lowest BCUT2D eigenvalue weighted by molar-refractivity contribution is -0.117. The fraction of sp³-hybridized carbons (Fsp3) is 0.120. The lowest BCUT2D eigenvalue weighted by Gasteiger charge is -2.14. The van der Waals surface area contributed by atoms with Gasteiger partial charge >= 0.3 is 0 Å². The number of halogens is 2. The number of carbonyl (C=O) groups excluding carboxylic acids is 1. The number of nitriles is 1. The van der Waals surface area contributed by atoms with Crippen molar-refractivity contribution in [2.75, 3.05) is 7.11 Å². The fourth-order valence-corrected chi connectivity index (χ4v) is 3.51. The Morgan fingerprint density at radius 3 is 2.53 bits per heavy atom. The van der Waals surface area contributed by atoms with E-state index in [1.165, 1.54) is 13.2 Å². The highest BCUT2D eigenvalue weighted by Crippen LogP contribution is 2.35. The standard InChI is InChI=1S/C25H20BrClN2O3/c1-31-23-12-19(11-20(14-28)25(30)29-15-17-7-3-2-4-8-17)21(26)13-24(23)32-16-18-9-5-6-10-22(18)27/h2-13H,15-16H2,1H3,(H,29,30)/b20-11-. The van der Waals surface area contributed by atoms with Crippen LogP contribution in [-0.4, -0.2) is 13.0 Å². The zero-order valence-corrected chi connectivity index (χ0v) is 19.6. The number of ether oxygens (including phenoxy) is 2. The third kappa shape index (κ3) is 6.13. The molecule has 3 aromatic carbocycles. The van der Waals surface area contributed by atoms with E-state index in [1.54, 1.807) is 18.2 Å². The van der Waals surface area contributed by atoms with E-state index in [0.717, 1.165) is 11.1 Å². The molecule has 0 aromatic heterocycles. The maximum Gasteiger partial charge on any atom is 0.262 e. The Labute approximate surface area is 200 Å². The van der Waals surface area contributed by atoms with Crippen molar-refractivity contribution in [1.82, 2.24) is 5.32 Å². The maximum absolute atomic E-state index is 12.5. The van der Waals surface area contributed by atoms with Gasteiger partial charge in [-0.2, -0.15) is 5.26 Å². The molecule has 3 aromatic rings. The van der Waals surface area contributed by atoms with Gasteiger partial charge in [0.15, 0.2) is 11.5 Å². The van der Waals surface area contributed by atoms with E-state index in [1.807, 2.05) is 54.6 Å². The highest BCUT2D eigenvalue weighted by Gasteiger charge is 2.14. The minimum absolute atomic E-state index is 0.0200. The molecule has 0 aliphatic heterocycles. The minimum Gasteiger partial charge on any atom is -0.493 e. The summed E-state index contributed by atoms with van der Waals surface area (Å²) in [5.74, 6) is 0.512. The monoisotopic (exact) mass is 510 g/mol. The molecule has 0 saturated carbocycles. The van der Waals surface area contributed by atoms with Gasteiger partial charge in [0, 0.05) is 21.6 Å². The first kappa shape index (κ1) is 23.4. The Morgan fingerprint density at radius 1 is 1.12 bits per heavy atom. The van der Waals surface area contributed by atoms with Crippen molar-refractivity contribution in [2.45, 2.75) is 13.2 Å². The van der Waals surface area contributed by atoms with Gasteiger partial charge in [0.25, 0.3) is 5.91 Å². The first-order valence-corrected chi connectivity index (χ1v) is 10.9. The van der Waals surface area contributed by atoms with Crippen LogP contribution >= 0.6 is 27.5 Å². The predicted molar refractivity (Wildman–Crippen MR) is 128 cm³/mol. The summed E-state index contributed by atoms with van der Waals surface area (Å²) < 4.78 is 12.0. The molecule has 7 heteroatoms. The fourth-order valence-electron chi connectivity index (χ4n) is 2.88. The molecule has 0 aliphatic rings.